The zero-order chi connectivity index (χ0) is 12.3. The van der Waals surface area contributed by atoms with Crippen LogP contribution in [0, 0.1) is 11.7 Å². The number of aromatic nitrogens is 2. The Hall–Kier alpha value is -1.79. The van der Waals surface area contributed by atoms with E-state index >= 15 is 0 Å². The van der Waals surface area contributed by atoms with Crippen LogP contribution in [-0.4, -0.2) is 29.0 Å². The van der Waals surface area contributed by atoms with Crippen molar-refractivity contribution in [3.8, 4) is 0 Å². The van der Waals surface area contributed by atoms with Crippen LogP contribution in [0.25, 0.3) is 0 Å². The summed E-state index contributed by atoms with van der Waals surface area (Å²) in [6.07, 6.45) is 3.13. The standard InChI is InChI=1S/C10H11F2N3O2/c11-8-5-13-10(14-6-8)15-3-1-7(2-4-15)9(16)17-12/h5-7H,1-4H2. The molecule has 1 fully saturated rings. The maximum Gasteiger partial charge on any atom is 0.351 e. The van der Waals surface area contributed by atoms with Crippen molar-refractivity contribution in [2.75, 3.05) is 18.0 Å². The van der Waals surface area contributed by atoms with Gasteiger partial charge >= 0.3 is 5.97 Å². The lowest BCUT2D eigenvalue weighted by atomic mass is 9.97. The fraction of sp³-hybridized carbons (Fsp3) is 0.500. The first kappa shape index (κ1) is 11.7. The van der Waals surface area contributed by atoms with Crippen LogP contribution in [0.1, 0.15) is 12.8 Å². The summed E-state index contributed by atoms with van der Waals surface area (Å²) < 4.78 is 24.3. The molecule has 0 unspecified atom stereocenters. The minimum absolute atomic E-state index is 0.415. The molecule has 1 aliphatic heterocycles. The van der Waals surface area contributed by atoms with Crippen LogP contribution in [0.4, 0.5) is 14.9 Å². The number of rotatable bonds is 2. The third kappa shape index (κ3) is 2.66. The number of anilines is 1. The molecule has 1 aromatic heterocycles. The molecule has 0 aromatic carbocycles. The van der Waals surface area contributed by atoms with Crippen LogP contribution in [0.15, 0.2) is 12.4 Å². The van der Waals surface area contributed by atoms with Gasteiger partial charge in [0.05, 0.1) is 18.3 Å². The summed E-state index contributed by atoms with van der Waals surface area (Å²) in [4.78, 5) is 23.7. The van der Waals surface area contributed by atoms with E-state index in [0.29, 0.717) is 31.9 Å². The Bertz CT molecular complexity index is 391. The van der Waals surface area contributed by atoms with Crippen LogP contribution >= 0.6 is 0 Å². The van der Waals surface area contributed by atoms with E-state index in [9.17, 15) is 13.7 Å². The van der Waals surface area contributed by atoms with Gasteiger partial charge in [-0.3, -0.25) is 4.94 Å². The number of carbonyl (C=O) groups excluding carboxylic acids is 1. The van der Waals surface area contributed by atoms with E-state index in [-0.39, 0.29) is 0 Å². The molecule has 0 saturated carbocycles. The number of halogens is 2. The van der Waals surface area contributed by atoms with Crippen molar-refractivity contribution < 1.29 is 18.7 Å². The van der Waals surface area contributed by atoms with Gasteiger partial charge in [0.2, 0.25) is 5.95 Å². The average molecular weight is 243 g/mol. The summed E-state index contributed by atoms with van der Waals surface area (Å²) in [6, 6.07) is 0. The average Bonchev–Trinajstić information content (AvgIpc) is 2.39. The molecule has 7 heteroatoms. The summed E-state index contributed by atoms with van der Waals surface area (Å²) in [5.41, 5.74) is 0. The molecule has 1 aromatic rings. The summed E-state index contributed by atoms with van der Waals surface area (Å²) in [7, 11) is 0. The van der Waals surface area contributed by atoms with Gasteiger partial charge < -0.3 is 4.90 Å². The molecular formula is C10H11F2N3O2. The second-order valence-electron chi connectivity index (χ2n) is 3.86. The minimum Gasteiger partial charge on any atom is -0.341 e. The quantitative estimate of drug-likeness (QED) is 0.782. The van der Waals surface area contributed by atoms with Gasteiger partial charge in [-0.05, 0) is 12.8 Å². The lowest BCUT2D eigenvalue weighted by molar-refractivity contribution is -0.189. The fourth-order valence-electron chi connectivity index (χ4n) is 1.85. The molecule has 17 heavy (non-hydrogen) atoms. The Balaban J connectivity index is 1.95. The highest BCUT2D eigenvalue weighted by molar-refractivity contribution is 5.72. The topological polar surface area (TPSA) is 55.3 Å². The molecule has 0 radical (unpaired) electrons. The SMILES string of the molecule is O=C(OF)C1CCN(c2ncc(F)cn2)CC1. The zero-order valence-corrected chi connectivity index (χ0v) is 8.97. The maximum atomic E-state index is 12.6. The maximum absolute atomic E-state index is 12.6. The van der Waals surface area contributed by atoms with E-state index in [1.54, 1.807) is 0 Å². The highest BCUT2D eigenvalue weighted by Crippen LogP contribution is 2.21. The van der Waals surface area contributed by atoms with Crippen molar-refractivity contribution in [2.24, 2.45) is 5.92 Å². The fourth-order valence-corrected chi connectivity index (χ4v) is 1.85. The Morgan fingerprint density at radius 1 is 1.35 bits per heavy atom. The summed E-state index contributed by atoms with van der Waals surface area (Å²) in [5.74, 6) is -1.33. The summed E-state index contributed by atoms with van der Waals surface area (Å²) in [5, 5.41) is 0. The highest BCUT2D eigenvalue weighted by atomic mass is 19.3. The third-order valence-electron chi connectivity index (χ3n) is 2.79. The van der Waals surface area contributed by atoms with Crippen LogP contribution in [-0.2, 0) is 9.74 Å². The van der Waals surface area contributed by atoms with E-state index in [1.807, 2.05) is 4.90 Å². The van der Waals surface area contributed by atoms with E-state index in [0.717, 1.165) is 12.4 Å². The van der Waals surface area contributed by atoms with Gasteiger partial charge in [-0.2, -0.15) is 0 Å². The van der Waals surface area contributed by atoms with Crippen molar-refractivity contribution in [3.05, 3.63) is 18.2 Å². The molecule has 1 saturated heterocycles. The largest absolute Gasteiger partial charge is 0.351 e. The number of carbonyl (C=O) groups is 1. The molecule has 2 rings (SSSR count). The molecule has 0 N–H and O–H groups in total. The van der Waals surface area contributed by atoms with E-state index in [2.05, 4.69) is 14.9 Å². The van der Waals surface area contributed by atoms with Gasteiger partial charge in [0.15, 0.2) is 5.82 Å². The first-order valence-electron chi connectivity index (χ1n) is 5.25. The number of piperidine rings is 1. The highest BCUT2D eigenvalue weighted by Gasteiger charge is 2.27. The van der Waals surface area contributed by atoms with Crippen LogP contribution in [0.5, 0.6) is 0 Å². The molecule has 1 aliphatic rings. The summed E-state index contributed by atoms with van der Waals surface area (Å²) >= 11 is 0. The van der Waals surface area contributed by atoms with E-state index < -0.39 is 17.7 Å². The van der Waals surface area contributed by atoms with E-state index in [1.165, 1.54) is 0 Å². The van der Waals surface area contributed by atoms with Gasteiger partial charge in [-0.25, -0.2) is 19.2 Å². The Morgan fingerprint density at radius 3 is 2.47 bits per heavy atom. The molecular weight excluding hydrogens is 232 g/mol. The number of hydrogen-bond acceptors (Lipinski definition) is 5. The van der Waals surface area contributed by atoms with Gasteiger partial charge in [0, 0.05) is 17.6 Å². The van der Waals surface area contributed by atoms with E-state index in [4.69, 9.17) is 0 Å². The van der Waals surface area contributed by atoms with Gasteiger partial charge in [-0.15, -0.1) is 0 Å². The second kappa shape index (κ2) is 5.03. The zero-order valence-electron chi connectivity index (χ0n) is 8.97. The number of hydrogen-bond donors (Lipinski definition) is 0. The monoisotopic (exact) mass is 243 g/mol. The first-order valence-corrected chi connectivity index (χ1v) is 5.25. The van der Waals surface area contributed by atoms with Crippen LogP contribution in [0.2, 0.25) is 0 Å². The Kier molecular flexibility index (Phi) is 3.46. The van der Waals surface area contributed by atoms with Gasteiger partial charge in [-0.1, -0.05) is 0 Å². The third-order valence-corrected chi connectivity index (χ3v) is 2.79. The number of nitrogens with zero attached hydrogens (tertiary/aromatic N) is 3. The normalized spacial score (nSPS) is 16.9. The Morgan fingerprint density at radius 2 is 1.94 bits per heavy atom. The van der Waals surface area contributed by atoms with Crippen molar-refractivity contribution in [2.45, 2.75) is 12.8 Å². The van der Waals surface area contributed by atoms with Gasteiger partial charge in [0.25, 0.3) is 0 Å². The molecule has 0 bridgehead atoms. The van der Waals surface area contributed by atoms with Gasteiger partial charge in [0.1, 0.15) is 0 Å². The minimum atomic E-state index is -0.829. The van der Waals surface area contributed by atoms with Crippen LogP contribution < -0.4 is 4.90 Å². The van der Waals surface area contributed by atoms with Crippen LogP contribution in [0.3, 0.4) is 0 Å². The molecule has 5 nitrogen and oxygen atoms in total. The second-order valence-corrected chi connectivity index (χ2v) is 3.86. The summed E-state index contributed by atoms with van der Waals surface area (Å²) in [6.45, 7) is 1.04. The molecule has 0 amide bonds. The predicted octanol–water partition coefficient (Wildman–Crippen LogP) is 1.26. The van der Waals surface area contributed by atoms with Crippen molar-refractivity contribution in [1.29, 1.82) is 0 Å². The smallest absolute Gasteiger partial charge is 0.341 e. The molecule has 92 valence electrons. The molecule has 0 atom stereocenters. The molecule has 2 heterocycles. The predicted molar refractivity (Wildman–Crippen MR) is 54.1 cm³/mol. The molecule has 0 spiro atoms. The van der Waals surface area contributed by atoms with Crippen molar-refractivity contribution in [1.82, 2.24) is 9.97 Å². The Labute approximate surface area is 96.3 Å². The van der Waals surface area contributed by atoms with Crippen molar-refractivity contribution in [3.63, 3.8) is 0 Å². The first-order chi connectivity index (χ1) is 8.20. The lowest BCUT2D eigenvalue weighted by Crippen LogP contribution is -2.37. The molecule has 0 aliphatic carbocycles. The van der Waals surface area contributed by atoms with Crippen molar-refractivity contribution >= 4 is 11.9 Å². The lowest BCUT2D eigenvalue weighted by Gasteiger charge is -2.29.